The van der Waals surface area contributed by atoms with Crippen LogP contribution in [-0.2, 0) is 0 Å². The van der Waals surface area contributed by atoms with Crippen molar-refractivity contribution < 1.29 is 18.0 Å². The smallest absolute Gasteiger partial charge is 0.257 e. The summed E-state index contributed by atoms with van der Waals surface area (Å²) >= 11 is 5.91. The van der Waals surface area contributed by atoms with Gasteiger partial charge in [0.1, 0.15) is 23.0 Å². The molecule has 1 aromatic carbocycles. The minimum atomic E-state index is -1.21. The van der Waals surface area contributed by atoms with E-state index in [0.717, 1.165) is 19.3 Å². The summed E-state index contributed by atoms with van der Waals surface area (Å²) in [4.78, 5) is 12.1. The van der Waals surface area contributed by atoms with Crippen LogP contribution in [0.1, 0.15) is 42.5 Å². The van der Waals surface area contributed by atoms with Gasteiger partial charge in [-0.05, 0) is 12.8 Å². The van der Waals surface area contributed by atoms with E-state index < -0.39 is 34.5 Å². The topological polar surface area (TPSA) is 29.1 Å². The normalized spacial score (nSPS) is 17.8. The maximum absolute atomic E-state index is 13.6. The molecule has 0 aromatic heterocycles. The van der Waals surface area contributed by atoms with Gasteiger partial charge in [0.2, 0.25) is 0 Å². The SMILES string of the molecule is O=C(NC1(CCl)CCCCC1)c1c(F)cc(F)cc1F. The molecule has 0 unspecified atom stereocenters. The first-order valence-electron chi connectivity index (χ1n) is 6.50. The number of halogens is 4. The van der Waals surface area contributed by atoms with Crippen molar-refractivity contribution in [1.29, 1.82) is 0 Å². The second-order valence-corrected chi connectivity index (χ2v) is 5.44. The number of hydrogen-bond acceptors (Lipinski definition) is 1. The van der Waals surface area contributed by atoms with Gasteiger partial charge in [-0.15, -0.1) is 11.6 Å². The molecule has 0 heterocycles. The lowest BCUT2D eigenvalue weighted by Crippen LogP contribution is -2.51. The van der Waals surface area contributed by atoms with Crippen LogP contribution >= 0.6 is 11.6 Å². The molecule has 20 heavy (non-hydrogen) atoms. The molecule has 1 saturated carbocycles. The van der Waals surface area contributed by atoms with Crippen molar-refractivity contribution in [3.63, 3.8) is 0 Å². The second kappa shape index (κ2) is 6.04. The van der Waals surface area contributed by atoms with E-state index in [4.69, 9.17) is 11.6 Å². The molecular formula is C14H15ClF3NO. The lowest BCUT2D eigenvalue weighted by Gasteiger charge is -2.36. The largest absolute Gasteiger partial charge is 0.345 e. The van der Waals surface area contributed by atoms with Crippen LogP contribution in [0.15, 0.2) is 12.1 Å². The third-order valence-electron chi connectivity index (χ3n) is 3.68. The molecule has 6 heteroatoms. The minimum absolute atomic E-state index is 0.184. The number of benzene rings is 1. The standard InChI is InChI=1S/C14H15ClF3NO/c15-8-14(4-2-1-3-5-14)19-13(20)12-10(17)6-9(16)7-11(12)18/h6-7H,1-5,8H2,(H,19,20). The average Bonchev–Trinajstić information content (AvgIpc) is 2.38. The Bertz CT molecular complexity index is 492. The van der Waals surface area contributed by atoms with Crippen LogP contribution in [0.2, 0.25) is 0 Å². The highest BCUT2D eigenvalue weighted by molar-refractivity contribution is 6.19. The molecule has 1 amide bonds. The highest BCUT2D eigenvalue weighted by Gasteiger charge is 2.34. The maximum atomic E-state index is 13.6. The Kier molecular flexibility index (Phi) is 4.58. The summed E-state index contributed by atoms with van der Waals surface area (Å²) in [5.41, 5.74) is -1.40. The first-order chi connectivity index (χ1) is 9.47. The van der Waals surface area contributed by atoms with Gasteiger partial charge in [-0.3, -0.25) is 4.79 Å². The lowest BCUT2D eigenvalue weighted by atomic mass is 9.83. The summed E-state index contributed by atoms with van der Waals surface area (Å²) in [6, 6.07) is 0.985. The van der Waals surface area contributed by atoms with Gasteiger partial charge in [0, 0.05) is 18.0 Å². The predicted molar refractivity (Wildman–Crippen MR) is 70.3 cm³/mol. The molecule has 0 radical (unpaired) electrons. The summed E-state index contributed by atoms with van der Waals surface area (Å²) < 4.78 is 40.0. The number of alkyl halides is 1. The maximum Gasteiger partial charge on any atom is 0.257 e. The van der Waals surface area contributed by atoms with E-state index >= 15 is 0 Å². The van der Waals surface area contributed by atoms with E-state index in [1.807, 2.05) is 0 Å². The predicted octanol–water partition coefficient (Wildman–Crippen LogP) is 3.78. The van der Waals surface area contributed by atoms with Gasteiger partial charge in [-0.25, -0.2) is 13.2 Å². The van der Waals surface area contributed by atoms with Gasteiger partial charge in [-0.2, -0.15) is 0 Å². The fraction of sp³-hybridized carbons (Fsp3) is 0.500. The third-order valence-corrected chi connectivity index (χ3v) is 4.19. The molecule has 0 aliphatic heterocycles. The van der Waals surface area contributed by atoms with E-state index in [1.165, 1.54) is 0 Å². The molecule has 1 N–H and O–H groups in total. The Morgan fingerprint density at radius 2 is 1.70 bits per heavy atom. The molecule has 1 fully saturated rings. The number of carbonyl (C=O) groups excluding carboxylic acids is 1. The van der Waals surface area contributed by atoms with Gasteiger partial charge >= 0.3 is 0 Å². The molecule has 2 rings (SSSR count). The third kappa shape index (κ3) is 3.08. The van der Waals surface area contributed by atoms with Crippen LogP contribution in [0, 0.1) is 17.5 Å². The Hall–Kier alpha value is -1.23. The molecule has 1 aromatic rings. The summed E-state index contributed by atoms with van der Waals surface area (Å²) in [5, 5.41) is 2.63. The van der Waals surface area contributed by atoms with Crippen molar-refractivity contribution >= 4 is 17.5 Å². The van der Waals surface area contributed by atoms with Gasteiger partial charge in [0.15, 0.2) is 0 Å². The Balaban J connectivity index is 2.23. The van der Waals surface area contributed by atoms with Gasteiger partial charge in [-0.1, -0.05) is 19.3 Å². The number of hydrogen-bond donors (Lipinski definition) is 1. The lowest BCUT2D eigenvalue weighted by molar-refractivity contribution is 0.0876. The highest BCUT2D eigenvalue weighted by atomic mass is 35.5. The second-order valence-electron chi connectivity index (χ2n) is 5.17. The van der Waals surface area contributed by atoms with Gasteiger partial charge < -0.3 is 5.32 Å². The summed E-state index contributed by atoms with van der Waals surface area (Å²) in [7, 11) is 0. The zero-order valence-electron chi connectivity index (χ0n) is 10.8. The van der Waals surface area contributed by atoms with E-state index in [-0.39, 0.29) is 5.88 Å². The fourth-order valence-electron chi connectivity index (χ4n) is 2.58. The van der Waals surface area contributed by atoms with E-state index in [0.29, 0.717) is 25.0 Å². The quantitative estimate of drug-likeness (QED) is 0.846. The molecule has 1 aliphatic carbocycles. The number of amides is 1. The van der Waals surface area contributed by atoms with Crippen molar-refractivity contribution in [2.75, 3.05) is 5.88 Å². The molecule has 2 nitrogen and oxygen atoms in total. The van der Waals surface area contributed by atoms with E-state index in [1.54, 1.807) is 0 Å². The Morgan fingerprint density at radius 3 is 2.20 bits per heavy atom. The van der Waals surface area contributed by atoms with E-state index in [2.05, 4.69) is 5.32 Å². The number of rotatable bonds is 3. The van der Waals surface area contributed by atoms with Crippen LogP contribution in [0.3, 0.4) is 0 Å². The van der Waals surface area contributed by atoms with E-state index in [9.17, 15) is 18.0 Å². The molecule has 0 bridgehead atoms. The first kappa shape index (κ1) is 15.2. The molecule has 110 valence electrons. The first-order valence-corrected chi connectivity index (χ1v) is 7.04. The van der Waals surface area contributed by atoms with Crippen molar-refractivity contribution in [2.24, 2.45) is 0 Å². The van der Waals surface area contributed by atoms with Crippen LogP contribution in [0.25, 0.3) is 0 Å². The zero-order valence-corrected chi connectivity index (χ0v) is 11.6. The van der Waals surface area contributed by atoms with Crippen LogP contribution in [0.5, 0.6) is 0 Å². The number of carbonyl (C=O) groups is 1. The fourth-order valence-corrected chi connectivity index (χ4v) is 2.92. The zero-order chi connectivity index (χ0) is 14.8. The molecule has 0 spiro atoms. The van der Waals surface area contributed by atoms with Crippen molar-refractivity contribution in [1.82, 2.24) is 5.32 Å². The summed E-state index contributed by atoms with van der Waals surface area (Å²) in [6.07, 6.45) is 4.20. The Morgan fingerprint density at radius 1 is 1.15 bits per heavy atom. The summed E-state index contributed by atoms with van der Waals surface area (Å²) in [5.74, 6) is -4.17. The van der Waals surface area contributed by atoms with Gasteiger partial charge in [0.25, 0.3) is 5.91 Å². The van der Waals surface area contributed by atoms with Crippen molar-refractivity contribution in [3.8, 4) is 0 Å². The Labute approximate surface area is 120 Å². The van der Waals surface area contributed by atoms with Crippen LogP contribution < -0.4 is 5.32 Å². The molecule has 0 atom stereocenters. The summed E-state index contributed by atoms with van der Waals surface area (Å²) in [6.45, 7) is 0. The highest BCUT2D eigenvalue weighted by Crippen LogP contribution is 2.30. The van der Waals surface area contributed by atoms with Crippen molar-refractivity contribution in [2.45, 2.75) is 37.6 Å². The van der Waals surface area contributed by atoms with Gasteiger partial charge in [0.05, 0.1) is 5.54 Å². The van der Waals surface area contributed by atoms with Crippen LogP contribution in [0.4, 0.5) is 13.2 Å². The number of nitrogens with one attached hydrogen (secondary N) is 1. The monoisotopic (exact) mass is 305 g/mol. The van der Waals surface area contributed by atoms with Crippen molar-refractivity contribution in [3.05, 3.63) is 35.1 Å². The molecular weight excluding hydrogens is 291 g/mol. The average molecular weight is 306 g/mol. The minimum Gasteiger partial charge on any atom is -0.345 e. The molecule has 0 saturated heterocycles. The van der Waals surface area contributed by atoms with Crippen LogP contribution in [-0.4, -0.2) is 17.3 Å². The molecule has 1 aliphatic rings.